The van der Waals surface area contributed by atoms with Crippen molar-refractivity contribution < 1.29 is 9.53 Å². The molecule has 122 valence electrons. The summed E-state index contributed by atoms with van der Waals surface area (Å²) in [7, 11) is 1.64. The summed E-state index contributed by atoms with van der Waals surface area (Å²) in [5, 5.41) is 6.75. The monoisotopic (exact) mass is 332 g/mol. The second-order valence-electron chi connectivity index (χ2n) is 5.26. The Morgan fingerprint density at radius 2 is 1.78 bits per heavy atom. The van der Waals surface area contributed by atoms with Crippen LogP contribution < -0.4 is 15.4 Å². The fourth-order valence-corrected chi connectivity index (χ4v) is 2.26. The minimum Gasteiger partial charge on any atom is -0.497 e. The Balaban J connectivity index is 1.75. The van der Waals surface area contributed by atoms with Gasteiger partial charge in [0.05, 0.1) is 7.11 Å². The minimum absolute atomic E-state index is 0.0338. The van der Waals surface area contributed by atoms with E-state index < -0.39 is 0 Å². The number of amides is 1. The molecule has 2 N–H and O–H groups in total. The number of nitrogens with one attached hydrogen (secondary N) is 2. The number of halogens is 1. The molecule has 2 rings (SSSR count). The van der Waals surface area contributed by atoms with Crippen LogP contribution in [-0.2, 0) is 11.2 Å². The molecule has 4 nitrogen and oxygen atoms in total. The number of benzene rings is 2. The molecule has 0 saturated carbocycles. The Kier molecular flexibility index (Phi) is 6.29. The van der Waals surface area contributed by atoms with E-state index in [9.17, 15) is 4.79 Å². The van der Waals surface area contributed by atoms with Crippen LogP contribution in [-0.4, -0.2) is 25.6 Å². The molecule has 2 aromatic carbocycles. The summed E-state index contributed by atoms with van der Waals surface area (Å²) < 4.78 is 5.12. The van der Waals surface area contributed by atoms with Crippen LogP contribution >= 0.6 is 11.6 Å². The van der Waals surface area contributed by atoms with Gasteiger partial charge >= 0.3 is 0 Å². The molecule has 0 aliphatic rings. The van der Waals surface area contributed by atoms with E-state index in [2.05, 4.69) is 10.6 Å². The third-order valence-corrected chi connectivity index (χ3v) is 3.74. The lowest BCUT2D eigenvalue weighted by Gasteiger charge is -2.15. The summed E-state index contributed by atoms with van der Waals surface area (Å²) in [6.45, 7) is 2.43. The first-order chi connectivity index (χ1) is 11.1. The van der Waals surface area contributed by atoms with Gasteiger partial charge in [0.2, 0.25) is 5.91 Å². The molecular formula is C18H21ClN2O2. The molecule has 0 radical (unpaired) electrons. The third-order valence-electron chi connectivity index (χ3n) is 3.49. The van der Waals surface area contributed by atoms with Crippen molar-refractivity contribution in [2.75, 3.05) is 19.0 Å². The molecular weight excluding hydrogens is 312 g/mol. The quantitative estimate of drug-likeness (QED) is 0.815. The van der Waals surface area contributed by atoms with Crippen LogP contribution in [0, 0.1) is 0 Å². The lowest BCUT2D eigenvalue weighted by Crippen LogP contribution is -2.38. The van der Waals surface area contributed by atoms with Gasteiger partial charge in [0.1, 0.15) is 11.8 Å². The van der Waals surface area contributed by atoms with Crippen LogP contribution in [0.15, 0.2) is 48.5 Å². The summed E-state index contributed by atoms with van der Waals surface area (Å²) >= 11 is 5.84. The summed E-state index contributed by atoms with van der Waals surface area (Å²) in [5.41, 5.74) is 2.02. The van der Waals surface area contributed by atoms with E-state index in [1.165, 1.54) is 0 Å². The van der Waals surface area contributed by atoms with E-state index >= 15 is 0 Å². The summed E-state index contributed by atoms with van der Waals surface area (Å²) in [6, 6.07) is 14.8. The Morgan fingerprint density at radius 3 is 2.39 bits per heavy atom. The Labute approximate surface area is 141 Å². The number of rotatable bonds is 7. The number of ether oxygens (including phenoxy) is 1. The average Bonchev–Trinajstić information content (AvgIpc) is 2.57. The molecule has 1 amide bonds. The van der Waals surface area contributed by atoms with E-state index in [1.807, 2.05) is 43.3 Å². The lowest BCUT2D eigenvalue weighted by molar-refractivity contribution is -0.121. The molecule has 0 aliphatic carbocycles. The van der Waals surface area contributed by atoms with Gasteiger partial charge in [0.25, 0.3) is 0 Å². The number of carbonyl (C=O) groups is 1. The molecule has 0 bridgehead atoms. The zero-order valence-electron chi connectivity index (χ0n) is 13.3. The predicted octanol–water partition coefficient (Wildman–Crippen LogP) is 3.51. The average molecular weight is 333 g/mol. The number of anilines is 1. The molecule has 0 fully saturated rings. The maximum Gasteiger partial charge on any atom is 0.242 e. The van der Waals surface area contributed by atoms with Gasteiger partial charge in [-0.15, -0.1) is 0 Å². The van der Waals surface area contributed by atoms with Gasteiger partial charge in [0.15, 0.2) is 0 Å². The smallest absolute Gasteiger partial charge is 0.242 e. The highest BCUT2D eigenvalue weighted by Crippen LogP contribution is 2.14. The standard InChI is InChI=1S/C18H21ClN2O2/c1-13(21-16-7-5-15(19)6-8-16)18(22)20-12-11-14-3-9-17(23-2)10-4-14/h3-10,13,21H,11-12H2,1-2H3,(H,20,22). The SMILES string of the molecule is COc1ccc(CCNC(=O)C(C)Nc2ccc(Cl)cc2)cc1. The van der Waals surface area contributed by atoms with Crippen LogP contribution in [0.25, 0.3) is 0 Å². The minimum atomic E-state index is -0.313. The molecule has 0 spiro atoms. The fourth-order valence-electron chi connectivity index (χ4n) is 2.14. The second kappa shape index (κ2) is 8.44. The zero-order chi connectivity index (χ0) is 16.7. The highest BCUT2D eigenvalue weighted by Gasteiger charge is 2.11. The molecule has 1 atom stereocenters. The fraction of sp³-hybridized carbons (Fsp3) is 0.278. The molecule has 0 aliphatic heterocycles. The molecule has 0 saturated heterocycles. The van der Waals surface area contributed by atoms with Crippen molar-refractivity contribution in [2.45, 2.75) is 19.4 Å². The van der Waals surface area contributed by atoms with Crippen molar-refractivity contribution in [3.63, 3.8) is 0 Å². The van der Waals surface area contributed by atoms with Crippen LogP contribution in [0.2, 0.25) is 5.02 Å². The zero-order valence-corrected chi connectivity index (χ0v) is 14.1. The highest BCUT2D eigenvalue weighted by atomic mass is 35.5. The van der Waals surface area contributed by atoms with Crippen molar-refractivity contribution in [3.8, 4) is 5.75 Å². The maximum absolute atomic E-state index is 12.1. The van der Waals surface area contributed by atoms with Gasteiger partial charge < -0.3 is 15.4 Å². The van der Waals surface area contributed by atoms with E-state index in [0.29, 0.717) is 11.6 Å². The van der Waals surface area contributed by atoms with Crippen molar-refractivity contribution in [2.24, 2.45) is 0 Å². The number of hydrogen-bond acceptors (Lipinski definition) is 3. The molecule has 5 heteroatoms. The number of methoxy groups -OCH3 is 1. The summed E-state index contributed by atoms with van der Waals surface area (Å²) in [6.07, 6.45) is 0.781. The van der Waals surface area contributed by atoms with E-state index in [0.717, 1.165) is 23.4 Å². The van der Waals surface area contributed by atoms with Gasteiger partial charge in [-0.05, 0) is 55.3 Å². The molecule has 1 unspecified atom stereocenters. The van der Waals surface area contributed by atoms with Gasteiger partial charge in [-0.25, -0.2) is 0 Å². The van der Waals surface area contributed by atoms with Crippen molar-refractivity contribution in [3.05, 3.63) is 59.1 Å². The van der Waals surface area contributed by atoms with Crippen LogP contribution in [0.1, 0.15) is 12.5 Å². The Morgan fingerprint density at radius 1 is 1.13 bits per heavy atom. The topological polar surface area (TPSA) is 50.4 Å². The normalized spacial score (nSPS) is 11.6. The Hall–Kier alpha value is -2.20. The largest absolute Gasteiger partial charge is 0.497 e. The van der Waals surface area contributed by atoms with E-state index in [4.69, 9.17) is 16.3 Å². The second-order valence-corrected chi connectivity index (χ2v) is 5.70. The van der Waals surface area contributed by atoms with Crippen molar-refractivity contribution in [1.82, 2.24) is 5.32 Å². The highest BCUT2D eigenvalue weighted by molar-refractivity contribution is 6.30. The molecule has 23 heavy (non-hydrogen) atoms. The molecule has 0 heterocycles. The predicted molar refractivity (Wildman–Crippen MR) is 94.2 cm³/mol. The van der Waals surface area contributed by atoms with Gasteiger partial charge in [-0.2, -0.15) is 0 Å². The first-order valence-corrected chi connectivity index (χ1v) is 7.89. The van der Waals surface area contributed by atoms with Crippen molar-refractivity contribution >= 4 is 23.2 Å². The summed E-state index contributed by atoms with van der Waals surface area (Å²) in [5.74, 6) is 0.798. The maximum atomic E-state index is 12.1. The Bertz CT molecular complexity index is 626. The van der Waals surface area contributed by atoms with Crippen molar-refractivity contribution in [1.29, 1.82) is 0 Å². The summed E-state index contributed by atoms with van der Waals surface area (Å²) in [4.78, 5) is 12.1. The number of hydrogen-bond donors (Lipinski definition) is 2. The van der Waals surface area contributed by atoms with Crippen LogP contribution in [0.4, 0.5) is 5.69 Å². The van der Waals surface area contributed by atoms with E-state index in [1.54, 1.807) is 19.2 Å². The lowest BCUT2D eigenvalue weighted by atomic mass is 10.1. The van der Waals surface area contributed by atoms with Gasteiger partial charge in [0, 0.05) is 17.3 Å². The third kappa shape index (κ3) is 5.49. The van der Waals surface area contributed by atoms with Gasteiger partial charge in [-0.1, -0.05) is 23.7 Å². The van der Waals surface area contributed by atoms with E-state index in [-0.39, 0.29) is 11.9 Å². The first-order valence-electron chi connectivity index (χ1n) is 7.51. The molecule has 2 aromatic rings. The molecule has 0 aromatic heterocycles. The number of carbonyl (C=O) groups excluding carboxylic acids is 1. The van der Waals surface area contributed by atoms with Crippen LogP contribution in [0.3, 0.4) is 0 Å². The van der Waals surface area contributed by atoms with Crippen LogP contribution in [0.5, 0.6) is 5.75 Å². The van der Waals surface area contributed by atoms with Gasteiger partial charge in [-0.3, -0.25) is 4.79 Å². The first kappa shape index (κ1) is 17.2.